The number of hydrogen-bond acceptors (Lipinski definition) is 4. The molecule has 1 fully saturated rings. The average molecular weight is 500 g/mol. The number of rotatable bonds is 3. The van der Waals surface area contributed by atoms with Crippen LogP contribution < -0.4 is 10.2 Å². The summed E-state index contributed by atoms with van der Waals surface area (Å²) in [6.07, 6.45) is 1.32. The summed E-state index contributed by atoms with van der Waals surface area (Å²) in [5.41, 5.74) is 2.56. The van der Waals surface area contributed by atoms with E-state index in [1.807, 2.05) is 25.1 Å². The third kappa shape index (κ3) is 3.94. The Kier molecular flexibility index (Phi) is 5.56. The normalized spacial score (nSPS) is 15.5. The minimum absolute atomic E-state index is 0.220. The number of furan rings is 1. The first-order valence-corrected chi connectivity index (χ1v) is 10.5. The number of halogens is 2. The number of benzene rings is 2. The minimum Gasteiger partial charge on any atom is -0.457 e. The lowest BCUT2D eigenvalue weighted by atomic mass is 10.1. The Balaban J connectivity index is 1.71. The molecule has 4 amide bonds. The van der Waals surface area contributed by atoms with E-state index in [2.05, 4.69) is 21.2 Å². The van der Waals surface area contributed by atoms with Gasteiger partial charge in [0.05, 0.1) is 5.69 Å². The number of anilines is 1. The summed E-state index contributed by atoms with van der Waals surface area (Å²) < 4.78 is 6.70. The van der Waals surface area contributed by atoms with Crippen molar-refractivity contribution in [3.8, 4) is 11.3 Å². The number of urea groups is 1. The van der Waals surface area contributed by atoms with E-state index < -0.39 is 17.8 Å². The van der Waals surface area contributed by atoms with E-state index in [1.165, 1.54) is 6.08 Å². The summed E-state index contributed by atoms with van der Waals surface area (Å²) in [5, 5.41) is 2.60. The Morgan fingerprint density at radius 1 is 1.06 bits per heavy atom. The number of carbonyl (C=O) groups is 3. The lowest BCUT2D eigenvalue weighted by molar-refractivity contribution is -0.122. The van der Waals surface area contributed by atoms with Crippen molar-refractivity contribution in [1.82, 2.24) is 5.32 Å². The molecule has 8 heteroatoms. The predicted molar refractivity (Wildman–Crippen MR) is 122 cm³/mol. The highest BCUT2D eigenvalue weighted by molar-refractivity contribution is 9.10. The minimum atomic E-state index is -0.832. The number of aryl methyl sites for hydroxylation is 1. The van der Waals surface area contributed by atoms with Gasteiger partial charge in [0.15, 0.2) is 0 Å². The molecule has 1 N–H and O–H groups in total. The summed E-state index contributed by atoms with van der Waals surface area (Å²) in [7, 11) is 0. The van der Waals surface area contributed by atoms with Crippen LogP contribution >= 0.6 is 27.5 Å². The van der Waals surface area contributed by atoms with E-state index >= 15 is 0 Å². The molecule has 1 aliphatic heterocycles. The fourth-order valence-corrected chi connectivity index (χ4v) is 4.11. The smallest absolute Gasteiger partial charge is 0.335 e. The van der Waals surface area contributed by atoms with E-state index in [0.717, 1.165) is 20.5 Å². The van der Waals surface area contributed by atoms with Crippen LogP contribution in [0.2, 0.25) is 5.02 Å². The molecule has 0 radical (unpaired) electrons. The number of hydrogen-bond donors (Lipinski definition) is 1. The molecule has 156 valence electrons. The van der Waals surface area contributed by atoms with Crippen LogP contribution in [0.25, 0.3) is 17.4 Å². The highest BCUT2D eigenvalue weighted by atomic mass is 79.9. The number of nitrogens with zero attached hydrogens (tertiary/aromatic N) is 1. The zero-order valence-corrected chi connectivity index (χ0v) is 18.9. The fourth-order valence-electron chi connectivity index (χ4n) is 3.25. The van der Waals surface area contributed by atoms with Crippen LogP contribution in [0, 0.1) is 13.8 Å². The first kappa shape index (κ1) is 21.1. The molecule has 0 atom stereocenters. The zero-order chi connectivity index (χ0) is 22.3. The molecule has 0 spiro atoms. The molecule has 3 aromatic rings. The first-order chi connectivity index (χ1) is 14.8. The van der Waals surface area contributed by atoms with Crippen molar-refractivity contribution in [3.05, 3.63) is 80.5 Å². The van der Waals surface area contributed by atoms with Gasteiger partial charge in [0.1, 0.15) is 17.1 Å². The van der Waals surface area contributed by atoms with Crippen LogP contribution in [0.1, 0.15) is 16.9 Å². The van der Waals surface area contributed by atoms with Crippen LogP contribution in [0.3, 0.4) is 0 Å². The maximum absolute atomic E-state index is 13.1. The third-order valence-electron chi connectivity index (χ3n) is 4.89. The zero-order valence-electron chi connectivity index (χ0n) is 16.5. The first-order valence-electron chi connectivity index (χ1n) is 9.29. The number of carbonyl (C=O) groups excluding carboxylic acids is 3. The summed E-state index contributed by atoms with van der Waals surface area (Å²) in [6, 6.07) is 13.3. The highest BCUT2D eigenvalue weighted by Gasteiger charge is 2.37. The SMILES string of the molecule is Cc1ccc(-c2ccc(/C=C3/C(=O)NC(=O)N(c4cccc(Cl)c4C)C3=O)o2)c(Br)c1. The van der Waals surface area contributed by atoms with Gasteiger partial charge in [0, 0.05) is 15.1 Å². The van der Waals surface area contributed by atoms with Crippen LogP contribution in [0.4, 0.5) is 10.5 Å². The number of imide groups is 2. The van der Waals surface area contributed by atoms with Gasteiger partial charge in [-0.05, 0) is 67.4 Å². The van der Waals surface area contributed by atoms with Gasteiger partial charge in [-0.15, -0.1) is 0 Å². The second kappa shape index (κ2) is 8.17. The number of nitrogens with one attached hydrogen (secondary N) is 1. The van der Waals surface area contributed by atoms with E-state index in [1.54, 1.807) is 37.3 Å². The maximum Gasteiger partial charge on any atom is 0.335 e. The van der Waals surface area contributed by atoms with Crippen LogP contribution in [-0.4, -0.2) is 17.8 Å². The largest absolute Gasteiger partial charge is 0.457 e. The van der Waals surface area contributed by atoms with Gasteiger partial charge in [0.25, 0.3) is 11.8 Å². The van der Waals surface area contributed by atoms with Crippen molar-refractivity contribution in [2.75, 3.05) is 4.90 Å². The quantitative estimate of drug-likeness (QED) is 0.373. The molecule has 2 heterocycles. The second-order valence-corrected chi connectivity index (χ2v) is 8.29. The van der Waals surface area contributed by atoms with Crippen LogP contribution in [0.5, 0.6) is 0 Å². The van der Waals surface area contributed by atoms with Crippen LogP contribution in [0.15, 0.2) is 63.0 Å². The van der Waals surface area contributed by atoms with E-state index in [4.69, 9.17) is 16.0 Å². The summed E-state index contributed by atoms with van der Waals surface area (Å²) in [4.78, 5) is 38.8. The summed E-state index contributed by atoms with van der Waals surface area (Å²) in [6.45, 7) is 3.67. The molecule has 31 heavy (non-hydrogen) atoms. The Labute approximate surface area is 191 Å². The van der Waals surface area contributed by atoms with E-state index in [0.29, 0.717) is 27.8 Å². The third-order valence-corrected chi connectivity index (χ3v) is 5.95. The summed E-state index contributed by atoms with van der Waals surface area (Å²) >= 11 is 9.65. The van der Waals surface area contributed by atoms with Crippen molar-refractivity contribution in [1.29, 1.82) is 0 Å². The number of barbiturate groups is 1. The van der Waals surface area contributed by atoms with Crippen molar-refractivity contribution in [2.45, 2.75) is 13.8 Å². The van der Waals surface area contributed by atoms with E-state index in [9.17, 15) is 14.4 Å². The molecule has 0 bridgehead atoms. The van der Waals surface area contributed by atoms with Crippen molar-refractivity contribution >= 4 is 57.1 Å². The molecule has 1 aliphatic rings. The monoisotopic (exact) mass is 498 g/mol. The van der Waals surface area contributed by atoms with Gasteiger partial charge in [-0.25, -0.2) is 9.69 Å². The molecule has 6 nitrogen and oxygen atoms in total. The van der Waals surface area contributed by atoms with Crippen molar-refractivity contribution in [3.63, 3.8) is 0 Å². The van der Waals surface area contributed by atoms with Gasteiger partial charge in [-0.2, -0.15) is 0 Å². The highest BCUT2D eigenvalue weighted by Crippen LogP contribution is 2.32. The molecular formula is C23H16BrClN2O4. The molecule has 4 rings (SSSR count). The molecule has 0 unspecified atom stereocenters. The molecule has 0 aliphatic carbocycles. The van der Waals surface area contributed by atoms with Crippen molar-refractivity contribution < 1.29 is 18.8 Å². The Morgan fingerprint density at radius 2 is 1.84 bits per heavy atom. The molecule has 0 saturated carbocycles. The Bertz CT molecular complexity index is 1280. The maximum atomic E-state index is 13.1. The van der Waals surface area contributed by atoms with Gasteiger partial charge >= 0.3 is 6.03 Å². The molecular weight excluding hydrogens is 484 g/mol. The van der Waals surface area contributed by atoms with E-state index in [-0.39, 0.29) is 5.57 Å². The average Bonchev–Trinajstić information content (AvgIpc) is 3.16. The van der Waals surface area contributed by atoms with Gasteiger partial charge in [-0.3, -0.25) is 14.9 Å². The predicted octanol–water partition coefficient (Wildman–Crippen LogP) is 5.65. The second-order valence-electron chi connectivity index (χ2n) is 7.03. The topological polar surface area (TPSA) is 79.6 Å². The van der Waals surface area contributed by atoms with Gasteiger partial charge in [0.2, 0.25) is 0 Å². The fraction of sp³-hybridized carbons (Fsp3) is 0.0870. The van der Waals surface area contributed by atoms with Gasteiger partial charge < -0.3 is 4.42 Å². The Morgan fingerprint density at radius 3 is 2.58 bits per heavy atom. The summed E-state index contributed by atoms with van der Waals surface area (Å²) in [5.74, 6) is -0.673. The molecule has 1 saturated heterocycles. The molecule has 2 aromatic carbocycles. The molecule has 1 aromatic heterocycles. The Hall–Kier alpha value is -3.16. The van der Waals surface area contributed by atoms with Gasteiger partial charge in [-0.1, -0.05) is 39.7 Å². The lowest BCUT2D eigenvalue weighted by Gasteiger charge is -2.27. The van der Waals surface area contributed by atoms with Crippen molar-refractivity contribution in [2.24, 2.45) is 0 Å². The lowest BCUT2D eigenvalue weighted by Crippen LogP contribution is -2.54. The standard InChI is InChI=1S/C23H16BrClN2O4/c1-12-6-8-15(17(24)10-12)20-9-7-14(31-20)11-16-21(28)26-23(30)27(22(16)29)19-5-3-4-18(25)13(19)2/h3-11H,1-2H3,(H,26,28,30)/b16-11-. The van der Waals surface area contributed by atoms with Crippen LogP contribution in [-0.2, 0) is 9.59 Å². The number of amides is 4.